The summed E-state index contributed by atoms with van der Waals surface area (Å²) >= 11 is 2.67. The van der Waals surface area contributed by atoms with Gasteiger partial charge in [-0.2, -0.15) is 0 Å². The monoisotopic (exact) mass is 466 g/mol. The highest BCUT2D eigenvalue weighted by Crippen LogP contribution is 2.30. The fraction of sp³-hybridized carbons (Fsp3) is 0.333. The van der Waals surface area contributed by atoms with E-state index in [4.69, 9.17) is 4.98 Å². The number of hydrogen-bond donors (Lipinski definition) is 1. The molecule has 6 nitrogen and oxygen atoms in total. The van der Waals surface area contributed by atoms with Crippen molar-refractivity contribution < 1.29 is 4.79 Å². The van der Waals surface area contributed by atoms with E-state index in [0.29, 0.717) is 34.4 Å². The molecule has 32 heavy (non-hydrogen) atoms. The first-order valence-electron chi connectivity index (χ1n) is 10.7. The van der Waals surface area contributed by atoms with Gasteiger partial charge in [-0.1, -0.05) is 56.8 Å². The minimum absolute atomic E-state index is 0.0594. The quantitative estimate of drug-likeness (QED) is 0.298. The van der Waals surface area contributed by atoms with Gasteiger partial charge in [0.05, 0.1) is 17.8 Å². The highest BCUT2D eigenvalue weighted by atomic mass is 32.2. The molecule has 4 aromatic rings. The first-order chi connectivity index (χ1) is 15.5. The summed E-state index contributed by atoms with van der Waals surface area (Å²) in [5.41, 5.74) is 2.84. The molecule has 0 bridgehead atoms. The molecule has 3 heterocycles. The van der Waals surface area contributed by atoms with Gasteiger partial charge in [-0.3, -0.25) is 14.2 Å². The molecule has 1 amide bonds. The number of thiophene rings is 1. The van der Waals surface area contributed by atoms with Crippen LogP contribution in [0.2, 0.25) is 0 Å². The van der Waals surface area contributed by atoms with Crippen LogP contribution in [-0.4, -0.2) is 32.7 Å². The van der Waals surface area contributed by atoms with Crippen LogP contribution in [0.3, 0.4) is 0 Å². The van der Waals surface area contributed by atoms with Gasteiger partial charge in [-0.25, -0.2) is 9.97 Å². The maximum Gasteiger partial charge on any atom is 0.272 e. The molecule has 1 N–H and O–H groups in total. The molecule has 0 unspecified atom stereocenters. The van der Waals surface area contributed by atoms with Gasteiger partial charge in [0, 0.05) is 18.1 Å². The lowest BCUT2D eigenvalue weighted by molar-refractivity contribution is -0.118. The van der Waals surface area contributed by atoms with E-state index in [2.05, 4.69) is 48.4 Å². The molecule has 0 atom stereocenters. The predicted molar refractivity (Wildman–Crippen MR) is 133 cm³/mol. The summed E-state index contributed by atoms with van der Waals surface area (Å²) in [6.45, 7) is 7.37. The average Bonchev–Trinajstić information content (AvgIpc) is 3.17. The maximum atomic E-state index is 13.5. The van der Waals surface area contributed by atoms with Gasteiger partial charge in [0.2, 0.25) is 5.91 Å². The average molecular weight is 467 g/mol. The van der Waals surface area contributed by atoms with Gasteiger partial charge in [0.1, 0.15) is 9.53 Å². The minimum Gasteiger partial charge on any atom is -0.355 e. The molecule has 166 valence electrons. The van der Waals surface area contributed by atoms with Crippen LogP contribution in [0.1, 0.15) is 44.2 Å². The smallest absolute Gasteiger partial charge is 0.272 e. The molecular formula is C24H26N4O2S2. The Bertz CT molecular complexity index is 1310. The Morgan fingerprint density at radius 1 is 1.22 bits per heavy atom. The van der Waals surface area contributed by atoms with Crippen molar-refractivity contribution in [2.75, 3.05) is 12.3 Å². The Labute approximate surface area is 195 Å². The zero-order valence-electron chi connectivity index (χ0n) is 18.4. The molecule has 0 saturated heterocycles. The van der Waals surface area contributed by atoms with Crippen LogP contribution in [0.15, 0.2) is 52.5 Å². The van der Waals surface area contributed by atoms with E-state index in [9.17, 15) is 9.59 Å². The van der Waals surface area contributed by atoms with Gasteiger partial charge < -0.3 is 5.32 Å². The van der Waals surface area contributed by atoms with Crippen molar-refractivity contribution in [1.82, 2.24) is 19.9 Å². The molecule has 8 heteroatoms. The summed E-state index contributed by atoms with van der Waals surface area (Å²) in [4.78, 5) is 35.7. The molecule has 0 aliphatic rings. The highest BCUT2D eigenvalue weighted by molar-refractivity contribution is 7.99. The van der Waals surface area contributed by atoms with Crippen molar-refractivity contribution in [3.63, 3.8) is 0 Å². The van der Waals surface area contributed by atoms with E-state index in [-0.39, 0.29) is 17.2 Å². The lowest BCUT2D eigenvalue weighted by atomic mass is 10.0. The van der Waals surface area contributed by atoms with Crippen LogP contribution >= 0.6 is 23.1 Å². The van der Waals surface area contributed by atoms with Crippen molar-refractivity contribution in [1.29, 1.82) is 0 Å². The van der Waals surface area contributed by atoms with Gasteiger partial charge >= 0.3 is 0 Å². The van der Waals surface area contributed by atoms with E-state index < -0.39 is 0 Å². The number of thioether (sulfide) groups is 1. The van der Waals surface area contributed by atoms with Crippen molar-refractivity contribution in [2.45, 2.75) is 44.8 Å². The number of nitrogens with one attached hydrogen (secondary N) is 1. The van der Waals surface area contributed by atoms with Crippen LogP contribution < -0.4 is 10.9 Å². The predicted octanol–water partition coefficient (Wildman–Crippen LogP) is 4.80. The molecule has 0 saturated carbocycles. The number of rotatable bonds is 8. The Balaban J connectivity index is 1.75. The van der Waals surface area contributed by atoms with Gasteiger partial charge in [0.15, 0.2) is 5.16 Å². The van der Waals surface area contributed by atoms with E-state index in [1.807, 2.05) is 19.1 Å². The number of fused-ring (bicyclic) bond motifs is 3. The Hall–Kier alpha value is -2.71. The number of carbonyl (C=O) groups is 1. The van der Waals surface area contributed by atoms with Crippen molar-refractivity contribution >= 4 is 49.4 Å². The largest absolute Gasteiger partial charge is 0.355 e. The fourth-order valence-corrected chi connectivity index (χ4v) is 5.28. The Morgan fingerprint density at radius 3 is 2.72 bits per heavy atom. The first kappa shape index (κ1) is 22.5. The molecular weight excluding hydrogens is 440 g/mol. The number of amides is 1. The summed E-state index contributed by atoms with van der Waals surface area (Å²) < 4.78 is 2.28. The summed E-state index contributed by atoms with van der Waals surface area (Å²) in [5, 5.41) is 4.30. The number of pyridine rings is 1. The number of nitrogens with zero attached hydrogens (tertiary/aromatic N) is 3. The van der Waals surface area contributed by atoms with Crippen molar-refractivity contribution in [3.8, 4) is 0 Å². The SMILES string of the molecule is CCCNC(=O)CSc1nc2c(sc3ncccc32)c(=O)n1Cc1ccc(C(C)C)cc1. The second-order valence-corrected chi connectivity index (χ2v) is 9.90. The Morgan fingerprint density at radius 2 is 2.00 bits per heavy atom. The molecule has 0 radical (unpaired) electrons. The van der Waals surface area contributed by atoms with Gasteiger partial charge in [-0.05, 0) is 35.6 Å². The molecule has 0 aliphatic heterocycles. The van der Waals surface area contributed by atoms with Gasteiger partial charge in [-0.15, -0.1) is 11.3 Å². The third kappa shape index (κ3) is 4.71. The number of carbonyl (C=O) groups excluding carboxylic acids is 1. The summed E-state index contributed by atoms with van der Waals surface area (Å²) in [6, 6.07) is 12.1. The molecule has 1 aromatic carbocycles. The van der Waals surface area contributed by atoms with Crippen LogP contribution in [-0.2, 0) is 11.3 Å². The van der Waals surface area contributed by atoms with Crippen molar-refractivity contribution in [2.24, 2.45) is 0 Å². The van der Waals surface area contributed by atoms with Crippen LogP contribution in [0.25, 0.3) is 20.4 Å². The lowest BCUT2D eigenvalue weighted by Crippen LogP contribution is -2.27. The second kappa shape index (κ2) is 9.83. The van der Waals surface area contributed by atoms with E-state index in [0.717, 1.165) is 22.2 Å². The van der Waals surface area contributed by atoms with Crippen LogP contribution in [0, 0.1) is 0 Å². The topological polar surface area (TPSA) is 76.9 Å². The Kier molecular flexibility index (Phi) is 6.91. The van der Waals surface area contributed by atoms with Crippen molar-refractivity contribution in [3.05, 3.63) is 64.1 Å². The highest BCUT2D eigenvalue weighted by Gasteiger charge is 2.18. The second-order valence-electron chi connectivity index (χ2n) is 7.96. The number of hydrogen-bond acceptors (Lipinski definition) is 6. The molecule has 0 fully saturated rings. The first-order valence-corrected chi connectivity index (χ1v) is 12.5. The van der Waals surface area contributed by atoms with Crippen LogP contribution in [0.4, 0.5) is 0 Å². The number of aromatic nitrogens is 3. The zero-order chi connectivity index (χ0) is 22.7. The summed E-state index contributed by atoms with van der Waals surface area (Å²) in [5.74, 6) is 0.601. The van der Waals surface area contributed by atoms with Gasteiger partial charge in [0.25, 0.3) is 5.56 Å². The standard InChI is InChI=1S/C24H26N4O2S2/c1-4-11-25-19(29)14-31-24-27-20-18-6-5-12-26-22(18)32-21(20)23(30)28(24)13-16-7-9-17(10-8-16)15(2)3/h5-10,12,15H,4,11,13-14H2,1-3H3,(H,25,29). The summed E-state index contributed by atoms with van der Waals surface area (Å²) in [7, 11) is 0. The number of benzene rings is 1. The normalized spacial score (nSPS) is 11.5. The molecule has 0 spiro atoms. The maximum absolute atomic E-state index is 13.5. The van der Waals surface area contributed by atoms with E-state index >= 15 is 0 Å². The molecule has 4 rings (SSSR count). The third-order valence-corrected chi connectivity index (χ3v) is 7.28. The zero-order valence-corrected chi connectivity index (χ0v) is 20.1. The lowest BCUT2D eigenvalue weighted by Gasteiger charge is -2.13. The third-order valence-electron chi connectivity index (χ3n) is 5.21. The van der Waals surface area contributed by atoms with E-state index in [1.165, 1.54) is 28.7 Å². The molecule has 0 aliphatic carbocycles. The fourth-order valence-electron chi connectivity index (χ4n) is 3.43. The summed E-state index contributed by atoms with van der Waals surface area (Å²) in [6.07, 6.45) is 2.60. The minimum atomic E-state index is -0.0950. The molecule has 3 aromatic heterocycles. The van der Waals surface area contributed by atoms with Crippen LogP contribution in [0.5, 0.6) is 0 Å². The van der Waals surface area contributed by atoms with E-state index in [1.54, 1.807) is 10.8 Å².